The van der Waals surface area contributed by atoms with E-state index < -0.39 is 5.97 Å². The first-order chi connectivity index (χ1) is 10.5. The molecule has 2 nitrogen and oxygen atoms in total. The fraction of sp³-hybridized carbons (Fsp3) is 0.350. The molecule has 0 heterocycles. The molecule has 1 aliphatic rings. The topological polar surface area (TPSA) is 37.3 Å². The molecular weight excluding hydrogens is 272 g/mol. The summed E-state index contributed by atoms with van der Waals surface area (Å²) in [5, 5.41) is 9.01. The molecule has 0 amide bonds. The van der Waals surface area contributed by atoms with Gasteiger partial charge in [0, 0.05) is 0 Å². The molecule has 0 bridgehead atoms. The Hall–Kier alpha value is -2.09. The van der Waals surface area contributed by atoms with Gasteiger partial charge in [0.05, 0.1) is 5.92 Å². The van der Waals surface area contributed by atoms with Crippen molar-refractivity contribution in [2.24, 2.45) is 11.8 Å². The van der Waals surface area contributed by atoms with Crippen LogP contribution in [0.15, 0.2) is 48.5 Å². The third-order valence-electron chi connectivity index (χ3n) is 4.38. The van der Waals surface area contributed by atoms with Crippen LogP contribution < -0.4 is 0 Å². The molecular formula is C20H22O2. The molecule has 22 heavy (non-hydrogen) atoms. The molecule has 0 aromatic heterocycles. The van der Waals surface area contributed by atoms with Gasteiger partial charge in [-0.3, -0.25) is 4.79 Å². The van der Waals surface area contributed by atoms with Gasteiger partial charge in [-0.1, -0.05) is 62.4 Å². The molecule has 3 rings (SSSR count). The summed E-state index contributed by atoms with van der Waals surface area (Å²) in [7, 11) is 0. The smallest absolute Gasteiger partial charge is 0.307 e. The third-order valence-corrected chi connectivity index (χ3v) is 4.38. The molecule has 2 atom stereocenters. The maximum atomic E-state index is 10.9. The van der Waals surface area contributed by atoms with E-state index in [2.05, 4.69) is 62.4 Å². The molecule has 1 aliphatic carbocycles. The molecule has 2 aromatic rings. The van der Waals surface area contributed by atoms with Crippen molar-refractivity contribution in [2.75, 3.05) is 0 Å². The van der Waals surface area contributed by atoms with Crippen LogP contribution in [0.4, 0.5) is 0 Å². The van der Waals surface area contributed by atoms with Crippen LogP contribution in [-0.2, 0) is 11.2 Å². The van der Waals surface area contributed by atoms with E-state index in [0.717, 1.165) is 18.4 Å². The van der Waals surface area contributed by atoms with E-state index in [-0.39, 0.29) is 11.8 Å². The monoisotopic (exact) mass is 294 g/mol. The van der Waals surface area contributed by atoms with Crippen molar-refractivity contribution < 1.29 is 9.90 Å². The summed E-state index contributed by atoms with van der Waals surface area (Å²) in [6.45, 7) is 4.46. The van der Waals surface area contributed by atoms with E-state index >= 15 is 0 Å². The Morgan fingerprint density at radius 1 is 1.05 bits per heavy atom. The average Bonchev–Trinajstić information content (AvgIpc) is 3.28. The molecule has 1 N–H and O–H groups in total. The van der Waals surface area contributed by atoms with Crippen molar-refractivity contribution in [3.05, 3.63) is 59.7 Å². The SMILES string of the molecule is CC(C)Cc1ccc(-c2ccc([C@@H]3C[C@H]3C(=O)O)cc2)cc1. The van der Waals surface area contributed by atoms with E-state index in [1.807, 2.05) is 0 Å². The highest BCUT2D eigenvalue weighted by atomic mass is 16.4. The van der Waals surface area contributed by atoms with Crippen molar-refractivity contribution in [1.82, 2.24) is 0 Å². The van der Waals surface area contributed by atoms with Gasteiger partial charge in [0.1, 0.15) is 0 Å². The Bertz CT molecular complexity index is 653. The standard InChI is InChI=1S/C20H22O2/c1-13(2)11-14-3-5-15(6-4-14)16-7-9-17(10-8-16)18-12-19(18)20(21)22/h3-10,13,18-19H,11-12H2,1-2H3,(H,21,22)/t18-,19+/m0/s1. The maximum Gasteiger partial charge on any atom is 0.307 e. The lowest BCUT2D eigenvalue weighted by atomic mass is 9.98. The zero-order chi connectivity index (χ0) is 15.7. The zero-order valence-electron chi connectivity index (χ0n) is 13.1. The second-order valence-electron chi connectivity index (χ2n) is 6.70. The van der Waals surface area contributed by atoms with Gasteiger partial charge >= 0.3 is 5.97 Å². The number of carboxylic acid groups (broad SMARTS) is 1. The summed E-state index contributed by atoms with van der Waals surface area (Å²) in [5.41, 5.74) is 4.92. The number of hydrogen-bond acceptors (Lipinski definition) is 1. The van der Waals surface area contributed by atoms with Gasteiger partial charge in [-0.15, -0.1) is 0 Å². The summed E-state index contributed by atoms with van der Waals surface area (Å²) in [4.78, 5) is 10.9. The van der Waals surface area contributed by atoms with Crippen LogP contribution in [0.25, 0.3) is 11.1 Å². The molecule has 114 valence electrons. The molecule has 1 fully saturated rings. The van der Waals surface area contributed by atoms with E-state index in [4.69, 9.17) is 5.11 Å². The van der Waals surface area contributed by atoms with Gasteiger partial charge in [0.2, 0.25) is 0 Å². The summed E-state index contributed by atoms with van der Waals surface area (Å²) >= 11 is 0. The van der Waals surface area contributed by atoms with Gasteiger partial charge in [0.25, 0.3) is 0 Å². The van der Waals surface area contributed by atoms with Gasteiger partial charge in [-0.05, 0) is 46.9 Å². The number of benzene rings is 2. The van der Waals surface area contributed by atoms with E-state index in [1.165, 1.54) is 16.7 Å². The first-order valence-corrected chi connectivity index (χ1v) is 7.96. The Balaban J connectivity index is 1.72. The minimum Gasteiger partial charge on any atom is -0.481 e. The van der Waals surface area contributed by atoms with Gasteiger partial charge in [-0.2, -0.15) is 0 Å². The highest BCUT2D eigenvalue weighted by Crippen LogP contribution is 2.47. The van der Waals surface area contributed by atoms with Crippen molar-refractivity contribution in [1.29, 1.82) is 0 Å². The first-order valence-electron chi connectivity index (χ1n) is 7.96. The largest absolute Gasteiger partial charge is 0.481 e. The number of aliphatic carboxylic acids is 1. The lowest BCUT2D eigenvalue weighted by Gasteiger charge is -2.07. The quantitative estimate of drug-likeness (QED) is 0.864. The van der Waals surface area contributed by atoms with E-state index in [1.54, 1.807) is 0 Å². The van der Waals surface area contributed by atoms with Crippen molar-refractivity contribution in [2.45, 2.75) is 32.6 Å². The molecule has 2 aromatic carbocycles. The molecule has 0 unspecified atom stereocenters. The molecule has 1 saturated carbocycles. The van der Waals surface area contributed by atoms with Crippen molar-refractivity contribution >= 4 is 5.97 Å². The van der Waals surface area contributed by atoms with Gasteiger partial charge in [0.15, 0.2) is 0 Å². The second kappa shape index (κ2) is 5.96. The van der Waals surface area contributed by atoms with E-state index in [0.29, 0.717) is 5.92 Å². The Morgan fingerprint density at radius 3 is 2.05 bits per heavy atom. The highest BCUT2D eigenvalue weighted by molar-refractivity contribution is 5.75. The number of hydrogen-bond donors (Lipinski definition) is 1. The van der Waals surface area contributed by atoms with Crippen LogP contribution in [0.3, 0.4) is 0 Å². The Kier molecular flexibility index (Phi) is 4.02. The predicted molar refractivity (Wildman–Crippen MR) is 88.9 cm³/mol. The van der Waals surface area contributed by atoms with Gasteiger partial charge < -0.3 is 5.11 Å². The molecule has 0 radical (unpaired) electrons. The fourth-order valence-corrected chi connectivity index (χ4v) is 3.06. The molecule has 0 spiro atoms. The summed E-state index contributed by atoms with van der Waals surface area (Å²) in [6, 6.07) is 17.1. The minimum absolute atomic E-state index is 0.179. The van der Waals surface area contributed by atoms with Crippen LogP contribution in [0.1, 0.15) is 37.3 Å². The van der Waals surface area contributed by atoms with Crippen molar-refractivity contribution in [3.63, 3.8) is 0 Å². The second-order valence-corrected chi connectivity index (χ2v) is 6.70. The van der Waals surface area contributed by atoms with Crippen LogP contribution in [0, 0.1) is 11.8 Å². The lowest BCUT2D eigenvalue weighted by molar-refractivity contribution is -0.138. The van der Waals surface area contributed by atoms with Crippen LogP contribution >= 0.6 is 0 Å². The molecule has 0 aliphatic heterocycles. The summed E-state index contributed by atoms with van der Waals surface area (Å²) < 4.78 is 0. The van der Waals surface area contributed by atoms with E-state index in [9.17, 15) is 4.79 Å². The maximum absolute atomic E-state index is 10.9. The lowest BCUT2D eigenvalue weighted by Crippen LogP contribution is -1.98. The number of carbonyl (C=O) groups is 1. The average molecular weight is 294 g/mol. The third kappa shape index (κ3) is 3.22. The normalized spacial score (nSPS) is 20.1. The Labute approximate surface area is 131 Å². The number of carboxylic acids is 1. The van der Waals surface area contributed by atoms with Crippen LogP contribution in [0.5, 0.6) is 0 Å². The predicted octanol–water partition coefficient (Wildman–Crippen LogP) is 4.74. The fourth-order valence-electron chi connectivity index (χ4n) is 3.06. The summed E-state index contributed by atoms with van der Waals surface area (Å²) in [5.74, 6) is 0.0295. The first kappa shape index (κ1) is 14.8. The highest BCUT2D eigenvalue weighted by Gasteiger charge is 2.43. The molecule has 2 heteroatoms. The van der Waals surface area contributed by atoms with Crippen LogP contribution in [-0.4, -0.2) is 11.1 Å². The Morgan fingerprint density at radius 2 is 1.59 bits per heavy atom. The van der Waals surface area contributed by atoms with Crippen molar-refractivity contribution in [3.8, 4) is 11.1 Å². The minimum atomic E-state index is -0.671. The number of rotatable bonds is 5. The molecule has 0 saturated heterocycles. The summed E-state index contributed by atoms with van der Waals surface area (Å²) in [6.07, 6.45) is 1.88. The van der Waals surface area contributed by atoms with Crippen LogP contribution in [0.2, 0.25) is 0 Å². The zero-order valence-corrected chi connectivity index (χ0v) is 13.1. The van der Waals surface area contributed by atoms with Gasteiger partial charge in [-0.25, -0.2) is 0 Å².